The lowest BCUT2D eigenvalue weighted by atomic mass is 10.1. The molecule has 140 valence electrons. The summed E-state index contributed by atoms with van der Waals surface area (Å²) >= 11 is 0. The number of rotatable bonds is 5. The third kappa shape index (κ3) is 3.80. The SMILES string of the molecule is CCC(C)NC(=O)Cn1c(=O)oc2ccc(C(=O)N3CCNCC3)cc21. The van der Waals surface area contributed by atoms with E-state index in [2.05, 4.69) is 10.6 Å². The summed E-state index contributed by atoms with van der Waals surface area (Å²) in [4.78, 5) is 38.7. The molecule has 3 rings (SSSR count). The zero-order valence-electron chi connectivity index (χ0n) is 15.1. The smallest absolute Gasteiger partial charge is 0.408 e. The summed E-state index contributed by atoms with van der Waals surface area (Å²) in [6.45, 7) is 6.55. The number of carbonyl (C=O) groups excluding carboxylic acids is 2. The van der Waals surface area contributed by atoms with Gasteiger partial charge in [0.1, 0.15) is 6.54 Å². The Hall–Kier alpha value is -2.61. The van der Waals surface area contributed by atoms with Crippen molar-refractivity contribution in [3.8, 4) is 0 Å². The molecular formula is C18H24N4O4. The third-order valence-corrected chi connectivity index (χ3v) is 4.64. The number of piperazine rings is 1. The fourth-order valence-corrected chi connectivity index (χ4v) is 2.96. The first-order chi connectivity index (χ1) is 12.5. The molecule has 8 nitrogen and oxygen atoms in total. The minimum Gasteiger partial charge on any atom is -0.408 e. The Morgan fingerprint density at radius 1 is 1.31 bits per heavy atom. The van der Waals surface area contributed by atoms with Gasteiger partial charge in [0.2, 0.25) is 5.91 Å². The van der Waals surface area contributed by atoms with Crippen LogP contribution in [-0.2, 0) is 11.3 Å². The van der Waals surface area contributed by atoms with Crippen LogP contribution in [0, 0.1) is 0 Å². The van der Waals surface area contributed by atoms with Crippen molar-refractivity contribution < 1.29 is 14.0 Å². The summed E-state index contributed by atoms with van der Waals surface area (Å²) in [6, 6.07) is 4.91. The molecule has 0 radical (unpaired) electrons. The number of nitrogens with one attached hydrogen (secondary N) is 2. The first kappa shape index (κ1) is 18.2. The highest BCUT2D eigenvalue weighted by molar-refractivity contribution is 5.97. The van der Waals surface area contributed by atoms with Gasteiger partial charge in [-0.2, -0.15) is 0 Å². The van der Waals surface area contributed by atoms with Gasteiger partial charge in [-0.25, -0.2) is 4.79 Å². The molecule has 1 aliphatic rings. The van der Waals surface area contributed by atoms with E-state index in [1.807, 2.05) is 13.8 Å². The standard InChI is InChI=1S/C18H24N4O4/c1-3-12(2)20-16(23)11-22-14-10-13(4-5-15(14)26-18(22)25)17(24)21-8-6-19-7-9-21/h4-5,10,12,19H,3,6-9,11H2,1-2H3,(H,20,23). The molecule has 2 N–H and O–H groups in total. The van der Waals surface area contributed by atoms with Crippen molar-refractivity contribution in [2.24, 2.45) is 0 Å². The van der Waals surface area contributed by atoms with Crippen molar-refractivity contribution >= 4 is 22.9 Å². The first-order valence-electron chi connectivity index (χ1n) is 8.92. The van der Waals surface area contributed by atoms with Gasteiger partial charge < -0.3 is 20.0 Å². The van der Waals surface area contributed by atoms with E-state index in [1.165, 1.54) is 4.57 Å². The quantitative estimate of drug-likeness (QED) is 0.812. The fraction of sp³-hybridized carbons (Fsp3) is 0.500. The lowest BCUT2D eigenvalue weighted by molar-refractivity contribution is -0.122. The maximum atomic E-state index is 12.7. The number of aromatic nitrogens is 1. The van der Waals surface area contributed by atoms with Crippen LogP contribution in [0.2, 0.25) is 0 Å². The van der Waals surface area contributed by atoms with Gasteiger partial charge in [0, 0.05) is 37.8 Å². The van der Waals surface area contributed by atoms with Crippen LogP contribution in [0.4, 0.5) is 0 Å². The van der Waals surface area contributed by atoms with Crippen molar-refractivity contribution in [2.75, 3.05) is 26.2 Å². The number of hydrogen-bond acceptors (Lipinski definition) is 5. The van der Waals surface area contributed by atoms with Crippen LogP contribution in [-0.4, -0.2) is 53.5 Å². The van der Waals surface area contributed by atoms with E-state index < -0.39 is 5.76 Å². The first-order valence-corrected chi connectivity index (χ1v) is 8.92. The number of carbonyl (C=O) groups is 2. The Kier molecular flexibility index (Phi) is 5.41. The second kappa shape index (κ2) is 7.74. The lowest BCUT2D eigenvalue weighted by Gasteiger charge is -2.27. The van der Waals surface area contributed by atoms with Gasteiger partial charge in [-0.1, -0.05) is 6.92 Å². The predicted octanol–water partition coefficient (Wildman–Crippen LogP) is 0.555. The molecule has 0 bridgehead atoms. The van der Waals surface area contributed by atoms with E-state index in [9.17, 15) is 14.4 Å². The highest BCUT2D eigenvalue weighted by Crippen LogP contribution is 2.17. The zero-order chi connectivity index (χ0) is 18.7. The summed E-state index contributed by atoms with van der Waals surface area (Å²) in [5.41, 5.74) is 1.30. The molecule has 1 aromatic carbocycles. The van der Waals surface area contributed by atoms with Gasteiger partial charge in [-0.05, 0) is 31.5 Å². The number of benzene rings is 1. The highest BCUT2D eigenvalue weighted by Gasteiger charge is 2.20. The molecule has 1 fully saturated rings. The van der Waals surface area contributed by atoms with Crippen LogP contribution in [0.5, 0.6) is 0 Å². The Morgan fingerprint density at radius 2 is 2.04 bits per heavy atom. The van der Waals surface area contributed by atoms with Crippen molar-refractivity contribution in [3.05, 3.63) is 34.3 Å². The normalized spacial score (nSPS) is 15.8. The van der Waals surface area contributed by atoms with Crippen LogP contribution in [0.25, 0.3) is 11.1 Å². The second-order valence-electron chi connectivity index (χ2n) is 6.56. The van der Waals surface area contributed by atoms with E-state index in [0.29, 0.717) is 29.8 Å². The summed E-state index contributed by atoms with van der Waals surface area (Å²) < 4.78 is 6.47. The van der Waals surface area contributed by atoms with Crippen LogP contribution in [0.15, 0.2) is 27.4 Å². The Bertz CT molecular complexity index is 864. The number of fused-ring (bicyclic) bond motifs is 1. The van der Waals surface area contributed by atoms with Gasteiger partial charge in [-0.15, -0.1) is 0 Å². The Labute approximate surface area is 151 Å². The molecule has 8 heteroatoms. The molecule has 1 aliphatic heterocycles. The van der Waals surface area contributed by atoms with E-state index in [4.69, 9.17) is 4.42 Å². The van der Waals surface area contributed by atoms with Crippen LogP contribution in [0.3, 0.4) is 0 Å². The van der Waals surface area contributed by atoms with Crippen LogP contribution < -0.4 is 16.4 Å². The van der Waals surface area contributed by atoms with Gasteiger partial charge in [0.25, 0.3) is 5.91 Å². The lowest BCUT2D eigenvalue weighted by Crippen LogP contribution is -2.46. The second-order valence-corrected chi connectivity index (χ2v) is 6.56. The topological polar surface area (TPSA) is 96.6 Å². The summed E-state index contributed by atoms with van der Waals surface area (Å²) in [5, 5.41) is 6.03. The molecular weight excluding hydrogens is 336 g/mol. The van der Waals surface area contributed by atoms with E-state index in [-0.39, 0.29) is 24.4 Å². The zero-order valence-corrected chi connectivity index (χ0v) is 15.1. The molecule has 0 saturated carbocycles. The highest BCUT2D eigenvalue weighted by atomic mass is 16.4. The summed E-state index contributed by atoms with van der Waals surface area (Å²) in [7, 11) is 0. The summed E-state index contributed by atoms with van der Waals surface area (Å²) in [5.74, 6) is -0.952. The predicted molar refractivity (Wildman–Crippen MR) is 97.1 cm³/mol. The number of hydrogen-bond donors (Lipinski definition) is 2. The third-order valence-electron chi connectivity index (χ3n) is 4.64. The molecule has 1 saturated heterocycles. The molecule has 2 aromatic rings. The molecule has 1 atom stereocenters. The van der Waals surface area contributed by atoms with E-state index >= 15 is 0 Å². The summed E-state index contributed by atoms with van der Waals surface area (Å²) in [6.07, 6.45) is 0.802. The largest absolute Gasteiger partial charge is 0.420 e. The van der Waals surface area contributed by atoms with Gasteiger partial charge >= 0.3 is 5.76 Å². The average Bonchev–Trinajstić information content (AvgIpc) is 2.96. The Balaban J connectivity index is 1.87. The molecule has 0 spiro atoms. The van der Waals surface area contributed by atoms with E-state index in [1.54, 1.807) is 23.1 Å². The number of amides is 2. The molecule has 1 aromatic heterocycles. The van der Waals surface area contributed by atoms with Crippen LogP contribution in [0.1, 0.15) is 30.6 Å². The van der Waals surface area contributed by atoms with Gasteiger partial charge in [0.05, 0.1) is 5.52 Å². The van der Waals surface area contributed by atoms with Gasteiger partial charge in [-0.3, -0.25) is 14.2 Å². The average molecular weight is 360 g/mol. The molecule has 26 heavy (non-hydrogen) atoms. The monoisotopic (exact) mass is 360 g/mol. The van der Waals surface area contributed by atoms with Crippen molar-refractivity contribution in [1.82, 2.24) is 20.1 Å². The van der Waals surface area contributed by atoms with Crippen molar-refractivity contribution in [3.63, 3.8) is 0 Å². The maximum Gasteiger partial charge on any atom is 0.420 e. The van der Waals surface area contributed by atoms with E-state index in [0.717, 1.165) is 19.5 Å². The number of oxazole rings is 1. The molecule has 2 heterocycles. The van der Waals surface area contributed by atoms with Crippen molar-refractivity contribution in [1.29, 1.82) is 0 Å². The molecule has 2 amide bonds. The minimum atomic E-state index is -0.605. The van der Waals surface area contributed by atoms with Crippen LogP contribution >= 0.6 is 0 Å². The minimum absolute atomic E-state index is 0.0289. The maximum absolute atomic E-state index is 12.7. The van der Waals surface area contributed by atoms with Gasteiger partial charge in [0.15, 0.2) is 5.58 Å². The molecule has 0 aliphatic carbocycles. The molecule has 1 unspecified atom stereocenters. The number of nitrogens with zero attached hydrogens (tertiary/aromatic N) is 2. The fourth-order valence-electron chi connectivity index (χ4n) is 2.96. The Morgan fingerprint density at radius 3 is 2.73 bits per heavy atom. The van der Waals surface area contributed by atoms with Crippen molar-refractivity contribution in [2.45, 2.75) is 32.9 Å².